The van der Waals surface area contributed by atoms with Gasteiger partial charge in [-0.2, -0.15) is 0 Å². The number of hydrogen-bond donors (Lipinski definition) is 0. The summed E-state index contributed by atoms with van der Waals surface area (Å²) < 4.78 is 5.43. The third kappa shape index (κ3) is 5.93. The topological polar surface area (TPSA) is 9.23 Å². The molecule has 0 N–H and O–H groups in total. The molecule has 0 radical (unpaired) electrons. The summed E-state index contributed by atoms with van der Waals surface area (Å²) in [5.41, 5.74) is 1.20. The number of hydrogen-bond acceptors (Lipinski definition) is 1. The first-order valence-corrected chi connectivity index (χ1v) is 5.51. The number of benzene rings is 1. The minimum absolute atomic E-state index is 0.540. The largest absolute Gasteiger partial charge is 0.364 e. The van der Waals surface area contributed by atoms with Gasteiger partial charge in [-0.1, -0.05) is 49.6 Å². The standard InChI is InChI=1S/C14H18O/c1-2-3-4-5-9-12-15-13-14-10-7-6-8-11-14/h6-8,10-11H,2-4,12-13H2,1H3. The lowest BCUT2D eigenvalue weighted by Gasteiger charge is -1.99. The summed E-state index contributed by atoms with van der Waals surface area (Å²) in [6, 6.07) is 10.2. The molecule has 0 aliphatic carbocycles. The molecule has 0 unspecified atom stereocenters. The fraction of sp³-hybridized carbons (Fsp3) is 0.429. The Morgan fingerprint density at radius 3 is 2.67 bits per heavy atom. The average Bonchev–Trinajstić information content (AvgIpc) is 2.29. The lowest BCUT2D eigenvalue weighted by atomic mass is 10.2. The van der Waals surface area contributed by atoms with E-state index in [0.29, 0.717) is 13.2 Å². The van der Waals surface area contributed by atoms with Gasteiger partial charge < -0.3 is 4.74 Å². The molecule has 80 valence electrons. The van der Waals surface area contributed by atoms with Crippen molar-refractivity contribution >= 4 is 0 Å². The van der Waals surface area contributed by atoms with Crippen LogP contribution in [-0.4, -0.2) is 6.61 Å². The molecule has 1 aromatic carbocycles. The predicted molar refractivity (Wildman–Crippen MR) is 63.4 cm³/mol. The zero-order valence-electron chi connectivity index (χ0n) is 9.33. The number of unbranched alkanes of at least 4 members (excludes halogenated alkanes) is 2. The molecule has 1 aromatic rings. The van der Waals surface area contributed by atoms with Crippen molar-refractivity contribution in [1.29, 1.82) is 0 Å². The first-order chi connectivity index (χ1) is 7.43. The van der Waals surface area contributed by atoms with Gasteiger partial charge in [0.2, 0.25) is 0 Å². The van der Waals surface area contributed by atoms with Crippen molar-refractivity contribution in [2.45, 2.75) is 32.8 Å². The van der Waals surface area contributed by atoms with E-state index in [2.05, 4.69) is 30.9 Å². The van der Waals surface area contributed by atoms with E-state index in [1.54, 1.807) is 0 Å². The zero-order chi connectivity index (χ0) is 10.8. The highest BCUT2D eigenvalue weighted by Gasteiger charge is 1.88. The van der Waals surface area contributed by atoms with Crippen LogP contribution in [0.3, 0.4) is 0 Å². The molecule has 0 aliphatic heterocycles. The highest BCUT2D eigenvalue weighted by Crippen LogP contribution is 1.99. The molecular formula is C14H18O. The molecule has 0 aliphatic rings. The summed E-state index contributed by atoms with van der Waals surface area (Å²) in [7, 11) is 0. The highest BCUT2D eigenvalue weighted by atomic mass is 16.5. The normalized spacial score (nSPS) is 9.40. The Labute approximate surface area is 92.5 Å². The van der Waals surface area contributed by atoms with Gasteiger partial charge in [0, 0.05) is 6.42 Å². The van der Waals surface area contributed by atoms with Crippen LogP contribution in [0.5, 0.6) is 0 Å². The molecule has 0 fully saturated rings. The second-order valence-electron chi connectivity index (χ2n) is 3.44. The van der Waals surface area contributed by atoms with Crippen molar-refractivity contribution in [2.75, 3.05) is 6.61 Å². The molecule has 0 atom stereocenters. The van der Waals surface area contributed by atoms with E-state index in [0.717, 1.165) is 6.42 Å². The van der Waals surface area contributed by atoms with Crippen LogP contribution in [-0.2, 0) is 11.3 Å². The van der Waals surface area contributed by atoms with Gasteiger partial charge in [0.05, 0.1) is 6.61 Å². The Hall–Kier alpha value is -1.26. The van der Waals surface area contributed by atoms with Crippen LogP contribution in [0.25, 0.3) is 0 Å². The van der Waals surface area contributed by atoms with Crippen molar-refractivity contribution in [3.8, 4) is 11.8 Å². The van der Waals surface area contributed by atoms with Crippen molar-refractivity contribution < 1.29 is 4.74 Å². The Bertz CT molecular complexity index is 305. The van der Waals surface area contributed by atoms with Gasteiger partial charge in [0.1, 0.15) is 6.61 Å². The van der Waals surface area contributed by atoms with Crippen LogP contribution in [0.4, 0.5) is 0 Å². The quantitative estimate of drug-likeness (QED) is 0.525. The van der Waals surface area contributed by atoms with E-state index in [1.807, 2.05) is 18.2 Å². The van der Waals surface area contributed by atoms with Crippen molar-refractivity contribution in [3.63, 3.8) is 0 Å². The van der Waals surface area contributed by atoms with Crippen LogP contribution in [0.1, 0.15) is 31.7 Å². The summed E-state index contributed by atoms with van der Waals surface area (Å²) in [6.07, 6.45) is 3.39. The fourth-order valence-electron chi connectivity index (χ4n) is 1.20. The SMILES string of the molecule is CCCCC#CCOCc1ccccc1. The highest BCUT2D eigenvalue weighted by molar-refractivity contribution is 5.13. The maximum Gasteiger partial charge on any atom is 0.108 e. The van der Waals surface area contributed by atoms with Crippen LogP contribution in [0, 0.1) is 11.8 Å². The van der Waals surface area contributed by atoms with Crippen molar-refractivity contribution in [1.82, 2.24) is 0 Å². The molecule has 1 heteroatoms. The Morgan fingerprint density at radius 1 is 1.13 bits per heavy atom. The summed E-state index contributed by atoms with van der Waals surface area (Å²) in [5, 5.41) is 0. The van der Waals surface area contributed by atoms with Crippen LogP contribution >= 0.6 is 0 Å². The number of ether oxygens (including phenoxy) is 1. The Kier molecular flexibility index (Phi) is 6.36. The molecule has 0 aromatic heterocycles. The van der Waals surface area contributed by atoms with E-state index < -0.39 is 0 Å². The van der Waals surface area contributed by atoms with E-state index in [1.165, 1.54) is 18.4 Å². The molecule has 1 nitrogen and oxygen atoms in total. The fourth-order valence-corrected chi connectivity index (χ4v) is 1.20. The minimum atomic E-state index is 0.540. The maximum absolute atomic E-state index is 5.43. The van der Waals surface area contributed by atoms with Crippen molar-refractivity contribution in [2.24, 2.45) is 0 Å². The second kappa shape index (κ2) is 8.08. The molecule has 0 heterocycles. The van der Waals surface area contributed by atoms with Gasteiger partial charge in [-0.15, -0.1) is 5.92 Å². The van der Waals surface area contributed by atoms with E-state index in [4.69, 9.17) is 4.74 Å². The van der Waals surface area contributed by atoms with E-state index >= 15 is 0 Å². The van der Waals surface area contributed by atoms with Crippen LogP contribution in [0.15, 0.2) is 30.3 Å². The Morgan fingerprint density at radius 2 is 1.93 bits per heavy atom. The molecule has 15 heavy (non-hydrogen) atoms. The van der Waals surface area contributed by atoms with Crippen LogP contribution < -0.4 is 0 Å². The second-order valence-corrected chi connectivity index (χ2v) is 3.44. The monoisotopic (exact) mass is 202 g/mol. The number of rotatable bonds is 5. The Balaban J connectivity index is 2.08. The van der Waals surface area contributed by atoms with Gasteiger partial charge in [-0.05, 0) is 12.0 Å². The maximum atomic E-state index is 5.43. The molecule has 0 saturated heterocycles. The van der Waals surface area contributed by atoms with Gasteiger partial charge in [0.25, 0.3) is 0 Å². The third-order valence-corrected chi connectivity index (χ3v) is 2.07. The lowest BCUT2D eigenvalue weighted by Crippen LogP contribution is -1.92. The molecule has 0 amide bonds. The molecule has 0 spiro atoms. The molecule has 1 rings (SSSR count). The van der Waals surface area contributed by atoms with Gasteiger partial charge in [0.15, 0.2) is 0 Å². The summed E-state index contributed by atoms with van der Waals surface area (Å²) >= 11 is 0. The molecule has 0 saturated carbocycles. The average molecular weight is 202 g/mol. The summed E-state index contributed by atoms with van der Waals surface area (Å²) in [4.78, 5) is 0. The molecular weight excluding hydrogens is 184 g/mol. The first-order valence-electron chi connectivity index (χ1n) is 5.51. The zero-order valence-corrected chi connectivity index (χ0v) is 9.33. The minimum Gasteiger partial charge on any atom is -0.364 e. The third-order valence-electron chi connectivity index (χ3n) is 2.07. The van der Waals surface area contributed by atoms with Gasteiger partial charge >= 0.3 is 0 Å². The van der Waals surface area contributed by atoms with Crippen molar-refractivity contribution in [3.05, 3.63) is 35.9 Å². The van der Waals surface area contributed by atoms with Crippen LogP contribution in [0.2, 0.25) is 0 Å². The predicted octanol–water partition coefficient (Wildman–Crippen LogP) is 3.40. The summed E-state index contributed by atoms with van der Waals surface area (Å²) in [6.45, 7) is 3.37. The first kappa shape index (κ1) is 11.8. The lowest BCUT2D eigenvalue weighted by molar-refractivity contribution is 0.153. The summed E-state index contributed by atoms with van der Waals surface area (Å²) in [5.74, 6) is 6.12. The van der Waals surface area contributed by atoms with Gasteiger partial charge in [-0.3, -0.25) is 0 Å². The van der Waals surface area contributed by atoms with E-state index in [9.17, 15) is 0 Å². The van der Waals surface area contributed by atoms with E-state index in [-0.39, 0.29) is 0 Å². The smallest absolute Gasteiger partial charge is 0.108 e. The molecule has 0 bridgehead atoms. The van der Waals surface area contributed by atoms with Gasteiger partial charge in [-0.25, -0.2) is 0 Å².